The third-order valence-electron chi connectivity index (χ3n) is 3.97. The SMILES string of the molecule is CC(C)(NCc1cccc2c1OCCO2)c1ccc(F)cc1Cl. The van der Waals surface area contributed by atoms with Crippen LogP contribution in [0.5, 0.6) is 11.5 Å². The number of benzene rings is 2. The molecule has 0 amide bonds. The third kappa shape index (κ3) is 3.43. The van der Waals surface area contributed by atoms with Crippen molar-refractivity contribution in [2.24, 2.45) is 0 Å². The van der Waals surface area contributed by atoms with Crippen LogP contribution in [0.3, 0.4) is 0 Å². The summed E-state index contributed by atoms with van der Waals surface area (Å²) < 4.78 is 24.6. The largest absolute Gasteiger partial charge is 0.486 e. The smallest absolute Gasteiger partial charge is 0.165 e. The molecule has 0 atom stereocenters. The molecule has 1 heterocycles. The molecule has 0 fully saturated rings. The summed E-state index contributed by atoms with van der Waals surface area (Å²) in [5.74, 6) is 1.22. The van der Waals surface area contributed by atoms with Crippen molar-refractivity contribution in [2.45, 2.75) is 25.9 Å². The van der Waals surface area contributed by atoms with Crippen LogP contribution in [0.2, 0.25) is 5.02 Å². The van der Waals surface area contributed by atoms with Gasteiger partial charge in [0.2, 0.25) is 0 Å². The van der Waals surface area contributed by atoms with Crippen LogP contribution in [0.4, 0.5) is 4.39 Å². The van der Waals surface area contributed by atoms with Crippen molar-refractivity contribution >= 4 is 11.6 Å². The number of hydrogen-bond acceptors (Lipinski definition) is 3. The number of halogens is 2. The molecule has 3 nitrogen and oxygen atoms in total. The predicted molar refractivity (Wildman–Crippen MR) is 88.7 cm³/mol. The first-order chi connectivity index (χ1) is 11.0. The van der Waals surface area contributed by atoms with Gasteiger partial charge in [0.15, 0.2) is 11.5 Å². The van der Waals surface area contributed by atoms with Gasteiger partial charge in [0, 0.05) is 22.7 Å². The van der Waals surface area contributed by atoms with Crippen LogP contribution in [-0.2, 0) is 12.1 Å². The molecule has 0 unspecified atom stereocenters. The van der Waals surface area contributed by atoms with Crippen molar-refractivity contribution in [1.29, 1.82) is 0 Å². The van der Waals surface area contributed by atoms with Crippen LogP contribution >= 0.6 is 11.6 Å². The molecule has 0 saturated carbocycles. The van der Waals surface area contributed by atoms with Gasteiger partial charge in [-0.3, -0.25) is 0 Å². The van der Waals surface area contributed by atoms with Crippen LogP contribution in [0, 0.1) is 5.82 Å². The molecule has 0 bridgehead atoms. The Morgan fingerprint density at radius 2 is 1.96 bits per heavy atom. The Balaban J connectivity index is 1.79. The van der Waals surface area contributed by atoms with Gasteiger partial charge in [0.25, 0.3) is 0 Å². The van der Waals surface area contributed by atoms with E-state index in [2.05, 4.69) is 5.32 Å². The zero-order valence-corrected chi connectivity index (χ0v) is 13.9. The van der Waals surface area contributed by atoms with Crippen molar-refractivity contribution in [3.8, 4) is 11.5 Å². The molecule has 122 valence electrons. The van der Waals surface area contributed by atoms with E-state index in [0.29, 0.717) is 24.8 Å². The molecule has 0 spiro atoms. The van der Waals surface area contributed by atoms with E-state index in [1.165, 1.54) is 12.1 Å². The molecule has 3 rings (SSSR count). The minimum Gasteiger partial charge on any atom is -0.486 e. The molecule has 1 aliphatic heterocycles. The van der Waals surface area contributed by atoms with Gasteiger partial charge < -0.3 is 14.8 Å². The minimum absolute atomic E-state index is 0.336. The molecule has 1 N–H and O–H groups in total. The predicted octanol–water partition coefficient (Wildman–Crippen LogP) is 4.28. The first kappa shape index (κ1) is 16.1. The van der Waals surface area contributed by atoms with Crippen LogP contribution in [-0.4, -0.2) is 13.2 Å². The number of rotatable bonds is 4. The first-order valence-electron chi connectivity index (χ1n) is 7.55. The zero-order chi connectivity index (χ0) is 16.4. The minimum atomic E-state index is -0.414. The Morgan fingerprint density at radius 3 is 2.74 bits per heavy atom. The van der Waals surface area contributed by atoms with E-state index in [9.17, 15) is 4.39 Å². The number of fused-ring (bicyclic) bond motifs is 1. The second-order valence-electron chi connectivity index (χ2n) is 6.04. The normalized spacial score (nSPS) is 13.9. The Morgan fingerprint density at radius 1 is 1.17 bits per heavy atom. The summed E-state index contributed by atoms with van der Waals surface area (Å²) in [6.45, 7) is 5.74. The summed E-state index contributed by atoms with van der Waals surface area (Å²) in [4.78, 5) is 0. The Kier molecular flexibility index (Phi) is 4.46. The van der Waals surface area contributed by atoms with E-state index in [0.717, 1.165) is 22.6 Å². The molecular weight excluding hydrogens is 317 g/mol. The standard InChI is InChI=1S/C18H19ClFNO2/c1-18(2,14-7-6-13(20)10-15(14)19)21-11-12-4-3-5-16-17(12)23-9-8-22-16/h3-7,10,21H,8-9,11H2,1-2H3. The fourth-order valence-corrected chi connectivity index (χ4v) is 3.08. The molecule has 0 saturated heterocycles. The maximum absolute atomic E-state index is 13.2. The molecule has 0 aromatic heterocycles. The van der Waals surface area contributed by atoms with Gasteiger partial charge in [0.05, 0.1) is 0 Å². The van der Waals surface area contributed by atoms with Gasteiger partial charge >= 0.3 is 0 Å². The first-order valence-corrected chi connectivity index (χ1v) is 7.93. The molecule has 2 aromatic carbocycles. The lowest BCUT2D eigenvalue weighted by atomic mass is 9.93. The van der Waals surface area contributed by atoms with E-state index in [1.54, 1.807) is 6.07 Å². The third-order valence-corrected chi connectivity index (χ3v) is 4.29. The summed E-state index contributed by atoms with van der Waals surface area (Å²) in [6, 6.07) is 10.3. The zero-order valence-electron chi connectivity index (χ0n) is 13.2. The second-order valence-corrected chi connectivity index (χ2v) is 6.45. The quantitative estimate of drug-likeness (QED) is 0.904. The van der Waals surface area contributed by atoms with Gasteiger partial charge in [-0.15, -0.1) is 0 Å². The summed E-state index contributed by atoms with van der Waals surface area (Å²) in [6.07, 6.45) is 0. The average molecular weight is 336 g/mol. The monoisotopic (exact) mass is 335 g/mol. The summed E-state index contributed by atoms with van der Waals surface area (Å²) in [7, 11) is 0. The fourth-order valence-electron chi connectivity index (χ4n) is 2.68. The number of hydrogen-bond donors (Lipinski definition) is 1. The highest BCUT2D eigenvalue weighted by Gasteiger charge is 2.24. The second kappa shape index (κ2) is 6.38. The highest BCUT2D eigenvalue weighted by atomic mass is 35.5. The molecule has 0 aliphatic carbocycles. The van der Waals surface area contributed by atoms with Crippen molar-refractivity contribution < 1.29 is 13.9 Å². The number of ether oxygens (including phenoxy) is 2. The fraction of sp³-hybridized carbons (Fsp3) is 0.333. The van der Waals surface area contributed by atoms with Gasteiger partial charge in [0.1, 0.15) is 19.0 Å². The van der Waals surface area contributed by atoms with E-state index in [-0.39, 0.29) is 5.82 Å². The number of nitrogens with one attached hydrogen (secondary N) is 1. The topological polar surface area (TPSA) is 30.5 Å². The maximum Gasteiger partial charge on any atom is 0.165 e. The average Bonchev–Trinajstić information content (AvgIpc) is 2.52. The molecule has 2 aromatic rings. The lowest BCUT2D eigenvalue weighted by Crippen LogP contribution is -2.36. The number of para-hydroxylation sites is 1. The molecule has 23 heavy (non-hydrogen) atoms. The van der Waals surface area contributed by atoms with Crippen LogP contribution < -0.4 is 14.8 Å². The van der Waals surface area contributed by atoms with Gasteiger partial charge in [-0.05, 0) is 37.6 Å². The van der Waals surface area contributed by atoms with Gasteiger partial charge in [-0.25, -0.2) is 4.39 Å². The molecular formula is C18H19ClFNO2. The van der Waals surface area contributed by atoms with Gasteiger partial charge in [-0.2, -0.15) is 0 Å². The Labute approximate surface area is 140 Å². The highest BCUT2D eigenvalue weighted by Crippen LogP contribution is 2.35. The van der Waals surface area contributed by atoms with Crippen molar-refractivity contribution in [3.63, 3.8) is 0 Å². The van der Waals surface area contributed by atoms with E-state index in [4.69, 9.17) is 21.1 Å². The van der Waals surface area contributed by atoms with Crippen LogP contribution in [0.1, 0.15) is 25.0 Å². The Bertz CT molecular complexity index is 718. The molecule has 5 heteroatoms. The highest BCUT2D eigenvalue weighted by molar-refractivity contribution is 6.31. The summed E-state index contributed by atoms with van der Waals surface area (Å²) in [5, 5.41) is 3.87. The van der Waals surface area contributed by atoms with E-state index in [1.807, 2.05) is 32.0 Å². The van der Waals surface area contributed by atoms with Crippen LogP contribution in [0.15, 0.2) is 36.4 Å². The molecule has 0 radical (unpaired) electrons. The Hall–Kier alpha value is -1.78. The lowest BCUT2D eigenvalue weighted by molar-refractivity contribution is 0.169. The van der Waals surface area contributed by atoms with Crippen molar-refractivity contribution in [2.75, 3.05) is 13.2 Å². The van der Waals surface area contributed by atoms with Crippen molar-refractivity contribution in [3.05, 3.63) is 58.4 Å². The van der Waals surface area contributed by atoms with Crippen LogP contribution in [0.25, 0.3) is 0 Å². The summed E-state index contributed by atoms with van der Waals surface area (Å²) >= 11 is 6.19. The summed E-state index contributed by atoms with van der Waals surface area (Å²) in [5.41, 5.74) is 1.46. The van der Waals surface area contributed by atoms with E-state index >= 15 is 0 Å². The maximum atomic E-state index is 13.2. The van der Waals surface area contributed by atoms with Crippen molar-refractivity contribution in [1.82, 2.24) is 5.32 Å². The molecule has 1 aliphatic rings. The lowest BCUT2D eigenvalue weighted by Gasteiger charge is -2.29. The van der Waals surface area contributed by atoms with Gasteiger partial charge in [-0.1, -0.05) is 29.8 Å². The van der Waals surface area contributed by atoms with E-state index < -0.39 is 5.54 Å².